The molecule has 19 heavy (non-hydrogen) atoms. The van der Waals surface area contributed by atoms with Crippen molar-refractivity contribution in [1.29, 1.82) is 0 Å². The number of carbonyl (C=O) groups is 1. The molecule has 0 fully saturated rings. The van der Waals surface area contributed by atoms with Crippen molar-refractivity contribution in [2.24, 2.45) is 0 Å². The minimum absolute atomic E-state index is 0.204. The second-order valence-electron chi connectivity index (χ2n) is 3.96. The van der Waals surface area contributed by atoms with Gasteiger partial charge in [0.1, 0.15) is 9.88 Å². The molecule has 0 aliphatic heterocycles. The van der Waals surface area contributed by atoms with Crippen LogP contribution in [0.2, 0.25) is 0 Å². The lowest BCUT2D eigenvalue weighted by molar-refractivity contribution is 0.102. The maximum atomic E-state index is 12.0. The monoisotopic (exact) mass is 297 g/mol. The SMILES string of the molecule is CCCCc1nnc(NC(=O)c2snnc2CC)s1. The first-order chi connectivity index (χ1) is 9.24. The van der Waals surface area contributed by atoms with Crippen molar-refractivity contribution in [2.45, 2.75) is 39.5 Å². The van der Waals surface area contributed by atoms with E-state index in [1.54, 1.807) is 0 Å². The molecule has 2 rings (SSSR count). The minimum Gasteiger partial charge on any atom is -0.296 e. The normalized spacial score (nSPS) is 10.6. The largest absolute Gasteiger partial charge is 0.296 e. The van der Waals surface area contributed by atoms with E-state index in [0.717, 1.165) is 41.5 Å². The van der Waals surface area contributed by atoms with Gasteiger partial charge < -0.3 is 0 Å². The van der Waals surface area contributed by atoms with Crippen molar-refractivity contribution >= 4 is 33.9 Å². The number of nitrogens with zero attached hydrogens (tertiary/aromatic N) is 4. The number of unbranched alkanes of at least 4 members (excludes halogenated alkanes) is 1. The van der Waals surface area contributed by atoms with E-state index in [2.05, 4.69) is 32.0 Å². The number of anilines is 1. The second-order valence-corrected chi connectivity index (χ2v) is 5.78. The van der Waals surface area contributed by atoms with E-state index < -0.39 is 0 Å². The fourth-order valence-corrected chi connectivity index (χ4v) is 2.92. The number of nitrogens with one attached hydrogen (secondary N) is 1. The van der Waals surface area contributed by atoms with Crippen molar-refractivity contribution in [3.05, 3.63) is 15.6 Å². The van der Waals surface area contributed by atoms with Crippen molar-refractivity contribution in [1.82, 2.24) is 19.8 Å². The molecule has 2 heterocycles. The van der Waals surface area contributed by atoms with Gasteiger partial charge in [0.25, 0.3) is 5.91 Å². The summed E-state index contributed by atoms with van der Waals surface area (Å²) >= 11 is 2.53. The molecule has 6 nitrogen and oxygen atoms in total. The van der Waals surface area contributed by atoms with Gasteiger partial charge in [0.15, 0.2) is 0 Å². The minimum atomic E-state index is -0.204. The summed E-state index contributed by atoms with van der Waals surface area (Å²) in [7, 11) is 0. The van der Waals surface area contributed by atoms with Crippen LogP contribution in [0.4, 0.5) is 5.13 Å². The number of aromatic nitrogens is 4. The van der Waals surface area contributed by atoms with Gasteiger partial charge in [-0.2, -0.15) is 0 Å². The van der Waals surface area contributed by atoms with E-state index in [4.69, 9.17) is 0 Å². The van der Waals surface area contributed by atoms with E-state index in [9.17, 15) is 4.79 Å². The van der Waals surface area contributed by atoms with Crippen LogP contribution in [0.25, 0.3) is 0 Å². The Balaban J connectivity index is 2.01. The Morgan fingerprint density at radius 2 is 2.11 bits per heavy atom. The van der Waals surface area contributed by atoms with E-state index >= 15 is 0 Å². The third-order valence-electron chi connectivity index (χ3n) is 2.53. The van der Waals surface area contributed by atoms with E-state index in [-0.39, 0.29) is 5.91 Å². The molecule has 2 aromatic heterocycles. The van der Waals surface area contributed by atoms with Crippen molar-refractivity contribution in [3.8, 4) is 0 Å². The predicted molar refractivity (Wildman–Crippen MR) is 75.8 cm³/mol. The molecule has 1 N–H and O–H groups in total. The summed E-state index contributed by atoms with van der Waals surface area (Å²) in [5.41, 5.74) is 0.721. The van der Waals surface area contributed by atoms with Crippen LogP contribution in [0.3, 0.4) is 0 Å². The maximum Gasteiger partial charge on any atom is 0.271 e. The Morgan fingerprint density at radius 1 is 1.26 bits per heavy atom. The van der Waals surface area contributed by atoms with Crippen LogP contribution >= 0.6 is 22.9 Å². The molecule has 0 atom stereocenters. The lowest BCUT2D eigenvalue weighted by atomic mass is 10.3. The fraction of sp³-hybridized carbons (Fsp3) is 0.545. The first kappa shape index (κ1) is 14.0. The van der Waals surface area contributed by atoms with Gasteiger partial charge in [0.05, 0.1) is 5.69 Å². The highest BCUT2D eigenvalue weighted by Crippen LogP contribution is 2.19. The molecule has 8 heteroatoms. The van der Waals surface area contributed by atoms with Crippen LogP contribution in [-0.2, 0) is 12.8 Å². The van der Waals surface area contributed by atoms with E-state index in [0.29, 0.717) is 16.4 Å². The first-order valence-electron chi connectivity index (χ1n) is 6.19. The van der Waals surface area contributed by atoms with Crippen LogP contribution in [0.15, 0.2) is 0 Å². The first-order valence-corrected chi connectivity index (χ1v) is 7.78. The van der Waals surface area contributed by atoms with Gasteiger partial charge in [0.2, 0.25) is 5.13 Å². The quantitative estimate of drug-likeness (QED) is 0.886. The fourth-order valence-electron chi connectivity index (χ4n) is 1.50. The zero-order valence-corrected chi connectivity index (χ0v) is 12.5. The Morgan fingerprint density at radius 3 is 2.84 bits per heavy atom. The van der Waals surface area contributed by atoms with Gasteiger partial charge in [-0.05, 0) is 24.4 Å². The molecule has 2 aromatic rings. The number of hydrogen-bond acceptors (Lipinski definition) is 7. The van der Waals surface area contributed by atoms with E-state index in [1.165, 1.54) is 11.3 Å². The van der Waals surface area contributed by atoms with E-state index in [1.807, 2.05) is 6.92 Å². The topological polar surface area (TPSA) is 80.7 Å². The van der Waals surface area contributed by atoms with Crippen LogP contribution in [0, 0.1) is 0 Å². The summed E-state index contributed by atoms with van der Waals surface area (Å²) < 4.78 is 3.80. The number of hydrogen-bond donors (Lipinski definition) is 1. The molecule has 102 valence electrons. The Hall–Kier alpha value is -1.41. The molecule has 0 radical (unpaired) electrons. The van der Waals surface area contributed by atoms with Gasteiger partial charge in [-0.3, -0.25) is 10.1 Å². The third-order valence-corrected chi connectivity index (χ3v) is 4.19. The molecule has 0 bridgehead atoms. The molecule has 0 saturated carbocycles. The van der Waals surface area contributed by atoms with Gasteiger partial charge in [0, 0.05) is 6.42 Å². The Kier molecular flexibility index (Phi) is 4.92. The van der Waals surface area contributed by atoms with Crippen LogP contribution < -0.4 is 5.32 Å². The number of amides is 1. The number of carbonyl (C=O) groups excluding carboxylic acids is 1. The Labute approximate surface area is 119 Å². The van der Waals surface area contributed by atoms with Gasteiger partial charge in [-0.1, -0.05) is 36.1 Å². The highest BCUT2D eigenvalue weighted by Gasteiger charge is 2.16. The third kappa shape index (κ3) is 3.54. The summed E-state index contributed by atoms with van der Waals surface area (Å²) in [4.78, 5) is 12.6. The standard InChI is InChI=1S/C11H15N5OS2/c1-3-5-6-8-14-15-11(18-8)12-10(17)9-7(4-2)13-16-19-9/h3-6H2,1-2H3,(H,12,15,17). The average Bonchev–Trinajstić information content (AvgIpc) is 3.04. The number of aryl methyl sites for hydroxylation is 2. The van der Waals surface area contributed by atoms with Gasteiger partial charge in [-0.25, -0.2) is 0 Å². The summed E-state index contributed by atoms with van der Waals surface area (Å²) in [5.74, 6) is -0.204. The summed E-state index contributed by atoms with van der Waals surface area (Å²) in [6.07, 6.45) is 3.80. The average molecular weight is 297 g/mol. The molecule has 0 unspecified atom stereocenters. The molecule has 1 amide bonds. The van der Waals surface area contributed by atoms with Crippen LogP contribution in [-0.4, -0.2) is 25.7 Å². The highest BCUT2D eigenvalue weighted by atomic mass is 32.1. The van der Waals surface area contributed by atoms with Crippen molar-refractivity contribution in [2.75, 3.05) is 5.32 Å². The predicted octanol–water partition coefficient (Wildman–Crippen LogP) is 2.55. The highest BCUT2D eigenvalue weighted by molar-refractivity contribution is 7.15. The van der Waals surface area contributed by atoms with Crippen LogP contribution in [0.1, 0.15) is 47.1 Å². The summed E-state index contributed by atoms with van der Waals surface area (Å²) in [6.45, 7) is 4.08. The smallest absolute Gasteiger partial charge is 0.271 e. The molecule has 0 aliphatic rings. The zero-order valence-electron chi connectivity index (χ0n) is 10.8. The molecule has 0 spiro atoms. The molecule has 0 saturated heterocycles. The molecular weight excluding hydrogens is 282 g/mol. The molecule has 0 aromatic carbocycles. The maximum absolute atomic E-state index is 12.0. The van der Waals surface area contributed by atoms with Gasteiger partial charge >= 0.3 is 0 Å². The van der Waals surface area contributed by atoms with Gasteiger partial charge in [-0.15, -0.1) is 15.3 Å². The summed E-state index contributed by atoms with van der Waals surface area (Å²) in [5, 5.41) is 16.2. The second kappa shape index (κ2) is 6.67. The van der Waals surface area contributed by atoms with Crippen molar-refractivity contribution < 1.29 is 4.79 Å². The van der Waals surface area contributed by atoms with Crippen LogP contribution in [0.5, 0.6) is 0 Å². The van der Waals surface area contributed by atoms with Crippen molar-refractivity contribution in [3.63, 3.8) is 0 Å². The summed E-state index contributed by atoms with van der Waals surface area (Å²) in [6, 6.07) is 0. The lowest BCUT2D eigenvalue weighted by Gasteiger charge is -1.98. The number of rotatable bonds is 6. The lowest BCUT2D eigenvalue weighted by Crippen LogP contribution is -2.12. The molecule has 0 aliphatic carbocycles. The zero-order chi connectivity index (χ0) is 13.7. The molecular formula is C11H15N5OS2. The Bertz CT molecular complexity index is 551.